The molecule has 0 saturated carbocycles. The first kappa shape index (κ1) is 27.3. The van der Waals surface area contributed by atoms with Crippen LogP contribution in [0.1, 0.15) is 70.9 Å². The number of carbonyl (C=O) groups excluding carboxylic acids is 2. The van der Waals surface area contributed by atoms with Crippen LogP contribution in [0.5, 0.6) is 0 Å². The van der Waals surface area contributed by atoms with Crippen molar-refractivity contribution in [2.45, 2.75) is 83.5 Å². The Hall–Kier alpha value is -2.77. The maximum Gasteiger partial charge on any atom is 0.319 e. The van der Waals surface area contributed by atoms with Crippen molar-refractivity contribution in [3.8, 4) is 0 Å². The van der Waals surface area contributed by atoms with E-state index >= 15 is 0 Å². The normalized spacial score (nSPS) is 25.6. The smallest absolute Gasteiger partial charge is 0.319 e. The zero-order chi connectivity index (χ0) is 26.8. The number of benzene rings is 2. The highest BCUT2D eigenvalue weighted by Gasteiger charge is 2.52. The molecule has 2 fully saturated rings. The molecule has 0 N–H and O–H groups in total. The van der Waals surface area contributed by atoms with Crippen molar-refractivity contribution in [2.24, 2.45) is 5.92 Å². The van der Waals surface area contributed by atoms with Crippen LogP contribution in [-0.2, 0) is 25.7 Å². The molecule has 0 aliphatic carbocycles. The number of hydrogen-bond donors (Lipinski definition) is 0. The number of hydrogen-bond acceptors (Lipinski definition) is 5. The quantitative estimate of drug-likeness (QED) is 0.365. The summed E-state index contributed by atoms with van der Waals surface area (Å²) in [7, 11) is 0. The van der Waals surface area contributed by atoms with Gasteiger partial charge in [0.2, 0.25) is 5.91 Å². The fourth-order valence-corrected chi connectivity index (χ4v) is 6.00. The molecule has 1 amide bonds. The summed E-state index contributed by atoms with van der Waals surface area (Å²) in [5.74, 6) is -2.96. The molecule has 4 rings (SSSR count). The summed E-state index contributed by atoms with van der Waals surface area (Å²) < 4.78 is 19.3. The van der Waals surface area contributed by atoms with Gasteiger partial charge in [-0.05, 0) is 77.1 Å². The predicted octanol–water partition coefficient (Wildman–Crippen LogP) is 5.47. The molecule has 2 aliphatic rings. The molecular formula is C30H39FN2O4. The van der Waals surface area contributed by atoms with E-state index in [0.29, 0.717) is 18.7 Å². The summed E-state index contributed by atoms with van der Waals surface area (Å²) in [4.78, 5) is 35.8. The van der Waals surface area contributed by atoms with Crippen LogP contribution in [0.3, 0.4) is 0 Å². The Balaban J connectivity index is 1.77. The minimum atomic E-state index is -1.09. The highest BCUT2D eigenvalue weighted by molar-refractivity contribution is 5.99. The molecule has 0 bridgehead atoms. The van der Waals surface area contributed by atoms with Gasteiger partial charge in [-0.15, -0.1) is 0 Å². The average molecular weight is 511 g/mol. The molecule has 6 nitrogen and oxygen atoms in total. The van der Waals surface area contributed by atoms with Crippen LogP contribution >= 0.6 is 0 Å². The third-order valence-electron chi connectivity index (χ3n) is 7.67. The third kappa shape index (κ3) is 5.88. The van der Waals surface area contributed by atoms with Crippen molar-refractivity contribution in [3.63, 3.8) is 0 Å². The Morgan fingerprint density at radius 1 is 1.00 bits per heavy atom. The first-order valence-corrected chi connectivity index (χ1v) is 13.3. The molecular weight excluding hydrogens is 471 g/mol. The van der Waals surface area contributed by atoms with Crippen molar-refractivity contribution in [1.82, 2.24) is 9.96 Å². The van der Waals surface area contributed by atoms with Crippen LogP contribution in [0.25, 0.3) is 0 Å². The predicted molar refractivity (Wildman–Crippen MR) is 140 cm³/mol. The summed E-state index contributed by atoms with van der Waals surface area (Å²) in [6.45, 7) is 11.2. The maximum absolute atomic E-state index is 13.9. The molecule has 0 unspecified atom stereocenters. The summed E-state index contributed by atoms with van der Waals surface area (Å²) in [5.41, 5.74) is 1.18. The van der Waals surface area contributed by atoms with Gasteiger partial charge in [0.05, 0.1) is 6.61 Å². The molecule has 7 heteroatoms. The van der Waals surface area contributed by atoms with Gasteiger partial charge < -0.3 is 9.64 Å². The Labute approximate surface area is 219 Å². The van der Waals surface area contributed by atoms with Gasteiger partial charge in [0.1, 0.15) is 17.8 Å². The SMILES string of the molecule is CCOC(=O)[C@@H]1C(=O)N(Cc2ccccc2)C[C@@H](ON2C(C)(C)CCCC2(C)C)[C@H]1c1ccc(F)cc1. The van der Waals surface area contributed by atoms with E-state index in [-0.39, 0.29) is 29.4 Å². The summed E-state index contributed by atoms with van der Waals surface area (Å²) >= 11 is 0. The minimum Gasteiger partial charge on any atom is -0.465 e. The summed E-state index contributed by atoms with van der Waals surface area (Å²) in [6, 6.07) is 15.7. The molecule has 2 aliphatic heterocycles. The molecule has 0 spiro atoms. The highest BCUT2D eigenvalue weighted by Crippen LogP contribution is 2.43. The van der Waals surface area contributed by atoms with Crippen molar-refractivity contribution in [2.75, 3.05) is 13.2 Å². The lowest BCUT2D eigenvalue weighted by Gasteiger charge is -2.54. The molecule has 2 aromatic rings. The van der Waals surface area contributed by atoms with Crippen molar-refractivity contribution in [3.05, 3.63) is 71.5 Å². The second kappa shape index (κ2) is 10.9. The second-order valence-corrected chi connectivity index (χ2v) is 11.4. The zero-order valence-electron chi connectivity index (χ0n) is 22.6. The third-order valence-corrected chi connectivity index (χ3v) is 7.67. The van der Waals surface area contributed by atoms with Crippen LogP contribution in [-0.4, -0.2) is 52.2 Å². The molecule has 0 radical (unpaired) electrons. The zero-order valence-corrected chi connectivity index (χ0v) is 22.6. The van der Waals surface area contributed by atoms with E-state index in [1.807, 2.05) is 30.3 Å². The first-order chi connectivity index (χ1) is 17.5. The molecule has 2 heterocycles. The summed E-state index contributed by atoms with van der Waals surface area (Å²) in [6.07, 6.45) is 2.50. The van der Waals surface area contributed by atoms with Crippen LogP contribution in [0.4, 0.5) is 4.39 Å². The molecule has 3 atom stereocenters. The number of esters is 1. The molecule has 0 aromatic heterocycles. The highest BCUT2D eigenvalue weighted by atomic mass is 19.1. The van der Waals surface area contributed by atoms with E-state index in [1.54, 1.807) is 24.0 Å². The standard InChI is InChI=1S/C30H39FN2O4/c1-6-36-28(35)26-25(22-13-15-23(31)16-14-22)24(37-33-29(2,3)17-10-18-30(33,4)5)20-32(27(26)34)19-21-11-8-7-9-12-21/h7-9,11-16,24-26H,6,10,17-20H2,1-5H3/t24-,25-,26+/m1/s1. The number of hydroxylamine groups is 2. The van der Waals surface area contributed by atoms with Crippen molar-refractivity contribution < 1.29 is 23.6 Å². The monoisotopic (exact) mass is 510 g/mol. The van der Waals surface area contributed by atoms with Gasteiger partial charge in [-0.3, -0.25) is 14.4 Å². The van der Waals surface area contributed by atoms with E-state index in [1.165, 1.54) is 12.1 Å². The molecule has 37 heavy (non-hydrogen) atoms. The largest absolute Gasteiger partial charge is 0.465 e. The average Bonchev–Trinajstić information content (AvgIpc) is 2.84. The second-order valence-electron chi connectivity index (χ2n) is 11.4. The molecule has 2 saturated heterocycles. The van der Waals surface area contributed by atoms with Gasteiger partial charge in [-0.25, -0.2) is 4.39 Å². The van der Waals surface area contributed by atoms with Crippen LogP contribution in [0.2, 0.25) is 0 Å². The number of carbonyl (C=O) groups is 2. The van der Waals surface area contributed by atoms with Gasteiger partial charge >= 0.3 is 5.97 Å². The fraction of sp³-hybridized carbons (Fsp3) is 0.533. The van der Waals surface area contributed by atoms with Gasteiger partial charge in [-0.1, -0.05) is 42.5 Å². The van der Waals surface area contributed by atoms with Crippen LogP contribution < -0.4 is 0 Å². The number of ether oxygens (including phenoxy) is 1. The van der Waals surface area contributed by atoms with Gasteiger partial charge in [-0.2, -0.15) is 5.06 Å². The van der Waals surface area contributed by atoms with E-state index in [2.05, 4.69) is 32.8 Å². The maximum atomic E-state index is 13.9. The number of nitrogens with zero attached hydrogens (tertiary/aromatic N) is 2. The lowest BCUT2D eigenvalue weighted by molar-refractivity contribution is -0.313. The van der Waals surface area contributed by atoms with Gasteiger partial charge in [0, 0.05) is 30.1 Å². The van der Waals surface area contributed by atoms with E-state index < -0.39 is 23.9 Å². The van der Waals surface area contributed by atoms with Gasteiger partial charge in [0.25, 0.3) is 0 Å². The lowest BCUT2D eigenvalue weighted by atomic mass is 9.77. The minimum absolute atomic E-state index is 0.162. The number of halogens is 1. The Morgan fingerprint density at radius 2 is 1.62 bits per heavy atom. The van der Waals surface area contributed by atoms with E-state index in [0.717, 1.165) is 24.8 Å². The lowest BCUT2D eigenvalue weighted by Crippen LogP contribution is -2.63. The number of amides is 1. The fourth-order valence-electron chi connectivity index (χ4n) is 6.00. The first-order valence-electron chi connectivity index (χ1n) is 13.3. The summed E-state index contributed by atoms with van der Waals surface area (Å²) in [5, 5.41) is 2.07. The van der Waals surface area contributed by atoms with Crippen molar-refractivity contribution in [1.29, 1.82) is 0 Å². The van der Waals surface area contributed by atoms with Gasteiger partial charge in [0.15, 0.2) is 0 Å². The topological polar surface area (TPSA) is 59.1 Å². The van der Waals surface area contributed by atoms with Crippen LogP contribution in [0, 0.1) is 11.7 Å². The van der Waals surface area contributed by atoms with Crippen molar-refractivity contribution >= 4 is 11.9 Å². The van der Waals surface area contributed by atoms with Crippen LogP contribution in [0.15, 0.2) is 54.6 Å². The van der Waals surface area contributed by atoms with E-state index in [9.17, 15) is 14.0 Å². The molecule has 200 valence electrons. The molecule has 2 aromatic carbocycles. The van der Waals surface area contributed by atoms with E-state index in [4.69, 9.17) is 9.57 Å². The Morgan fingerprint density at radius 3 is 2.22 bits per heavy atom. The number of likely N-dealkylation sites (tertiary alicyclic amines) is 1. The Kier molecular flexibility index (Phi) is 8.05. The number of piperidine rings is 2. The number of rotatable bonds is 7. The Bertz CT molecular complexity index is 1070.